The summed E-state index contributed by atoms with van der Waals surface area (Å²) >= 11 is 0. The van der Waals surface area contributed by atoms with Gasteiger partial charge in [-0.2, -0.15) is 0 Å². The molecule has 3 heteroatoms. The average molecular weight is 386 g/mol. The van der Waals surface area contributed by atoms with Crippen molar-refractivity contribution in [3.8, 4) is 0 Å². The molecule has 0 amide bonds. The van der Waals surface area contributed by atoms with Crippen molar-refractivity contribution in [1.82, 2.24) is 4.90 Å². The summed E-state index contributed by atoms with van der Waals surface area (Å²) < 4.78 is 5.54. The number of rotatable bonds is 8. The van der Waals surface area contributed by atoms with Crippen LogP contribution in [0.1, 0.15) is 29.5 Å². The van der Waals surface area contributed by atoms with Crippen LogP contribution >= 0.6 is 0 Å². The summed E-state index contributed by atoms with van der Waals surface area (Å²) in [6.45, 7) is 2.15. The lowest BCUT2D eigenvalue weighted by atomic mass is 9.79. The number of hydrogen-bond donors (Lipinski definition) is 0. The zero-order chi connectivity index (χ0) is 19.9. The molecule has 3 aromatic rings. The van der Waals surface area contributed by atoms with Crippen LogP contribution in [0.2, 0.25) is 0 Å². The lowest BCUT2D eigenvalue weighted by molar-refractivity contribution is -0.155. The van der Waals surface area contributed by atoms with Crippen molar-refractivity contribution in [3.05, 3.63) is 108 Å². The Kier molecular flexibility index (Phi) is 6.38. The van der Waals surface area contributed by atoms with Crippen molar-refractivity contribution in [2.75, 3.05) is 0 Å². The highest BCUT2D eigenvalue weighted by Gasteiger charge is 2.38. The van der Waals surface area contributed by atoms with Crippen LogP contribution in [0.5, 0.6) is 0 Å². The van der Waals surface area contributed by atoms with Gasteiger partial charge in [0, 0.05) is 19.1 Å². The van der Waals surface area contributed by atoms with Gasteiger partial charge in [0.1, 0.15) is 6.61 Å². The molecule has 1 fully saturated rings. The predicted molar refractivity (Wildman–Crippen MR) is 115 cm³/mol. The van der Waals surface area contributed by atoms with Gasteiger partial charge in [-0.3, -0.25) is 9.69 Å². The first kappa shape index (κ1) is 19.4. The average Bonchev–Trinajstić information content (AvgIpc) is 2.73. The predicted octanol–water partition coefficient (Wildman–Crippen LogP) is 5.21. The molecule has 0 saturated heterocycles. The largest absolute Gasteiger partial charge is 0.461 e. The van der Waals surface area contributed by atoms with E-state index in [1.54, 1.807) is 0 Å². The fourth-order valence-corrected chi connectivity index (χ4v) is 3.87. The zero-order valence-corrected chi connectivity index (χ0v) is 16.6. The number of benzene rings is 3. The molecule has 3 aromatic carbocycles. The van der Waals surface area contributed by atoms with Crippen molar-refractivity contribution in [1.29, 1.82) is 0 Å². The van der Waals surface area contributed by atoms with Gasteiger partial charge in [-0.1, -0.05) is 91.0 Å². The molecule has 1 saturated carbocycles. The number of carbonyl (C=O) groups excluding carboxylic acids is 1. The van der Waals surface area contributed by atoms with E-state index in [0.29, 0.717) is 12.6 Å². The van der Waals surface area contributed by atoms with Crippen molar-refractivity contribution in [2.45, 2.75) is 38.6 Å². The molecule has 0 N–H and O–H groups in total. The monoisotopic (exact) mass is 385 g/mol. The van der Waals surface area contributed by atoms with E-state index < -0.39 is 0 Å². The van der Waals surface area contributed by atoms with E-state index in [2.05, 4.69) is 53.4 Å². The van der Waals surface area contributed by atoms with Crippen LogP contribution in [0.4, 0.5) is 0 Å². The van der Waals surface area contributed by atoms with Crippen molar-refractivity contribution >= 4 is 5.97 Å². The number of hydrogen-bond acceptors (Lipinski definition) is 3. The third kappa shape index (κ3) is 5.33. The zero-order valence-electron chi connectivity index (χ0n) is 16.6. The molecule has 0 atom stereocenters. The van der Waals surface area contributed by atoms with Gasteiger partial charge in [-0.05, 0) is 29.5 Å². The van der Waals surface area contributed by atoms with Gasteiger partial charge in [0.05, 0.1) is 5.92 Å². The van der Waals surface area contributed by atoms with Gasteiger partial charge < -0.3 is 4.74 Å². The first-order valence-corrected chi connectivity index (χ1v) is 10.3. The fourth-order valence-electron chi connectivity index (χ4n) is 3.87. The summed E-state index contributed by atoms with van der Waals surface area (Å²) in [5.41, 5.74) is 3.64. The summed E-state index contributed by atoms with van der Waals surface area (Å²) in [7, 11) is 0. The van der Waals surface area contributed by atoms with Crippen molar-refractivity contribution in [2.24, 2.45) is 5.92 Å². The number of nitrogens with zero attached hydrogens (tertiary/aromatic N) is 1. The van der Waals surface area contributed by atoms with Gasteiger partial charge in [0.25, 0.3) is 0 Å². The molecule has 0 radical (unpaired) electrons. The molecule has 3 nitrogen and oxygen atoms in total. The maximum absolute atomic E-state index is 12.4. The van der Waals surface area contributed by atoms with Crippen LogP contribution < -0.4 is 0 Å². The third-order valence-corrected chi connectivity index (χ3v) is 5.64. The highest BCUT2D eigenvalue weighted by atomic mass is 16.5. The van der Waals surface area contributed by atoms with E-state index >= 15 is 0 Å². The minimum Gasteiger partial charge on any atom is -0.461 e. The van der Waals surface area contributed by atoms with Gasteiger partial charge in [0.15, 0.2) is 0 Å². The topological polar surface area (TPSA) is 29.5 Å². The standard InChI is InChI=1S/C26H27NO2/c28-26(29-20-23-14-8-3-9-15-23)24-16-25(17-24)27(18-21-10-4-1-5-11-21)19-22-12-6-2-7-13-22/h1-15,24-25H,16-20H2. The normalized spacial score (nSPS) is 18.2. The fraction of sp³-hybridized carbons (Fsp3) is 0.269. The molecule has 29 heavy (non-hydrogen) atoms. The van der Waals surface area contributed by atoms with Crippen LogP contribution in [0.25, 0.3) is 0 Å². The Hall–Kier alpha value is -2.91. The molecule has 148 valence electrons. The lowest BCUT2D eigenvalue weighted by Crippen LogP contribution is -2.46. The molecular weight excluding hydrogens is 358 g/mol. The van der Waals surface area contributed by atoms with E-state index in [0.717, 1.165) is 31.5 Å². The highest BCUT2D eigenvalue weighted by molar-refractivity contribution is 5.73. The maximum atomic E-state index is 12.4. The van der Waals surface area contributed by atoms with Crippen LogP contribution in [0.3, 0.4) is 0 Å². The summed E-state index contributed by atoms with van der Waals surface area (Å²) in [6, 6.07) is 31.4. The SMILES string of the molecule is O=C(OCc1ccccc1)C1CC(N(Cc2ccccc2)Cc2ccccc2)C1. The Labute approximate surface area is 172 Å². The van der Waals surface area contributed by atoms with Crippen molar-refractivity contribution in [3.63, 3.8) is 0 Å². The molecule has 0 spiro atoms. The Bertz CT molecular complexity index is 848. The van der Waals surface area contributed by atoms with E-state index in [9.17, 15) is 4.79 Å². The van der Waals surface area contributed by atoms with E-state index in [4.69, 9.17) is 4.74 Å². The van der Waals surface area contributed by atoms with E-state index in [-0.39, 0.29) is 11.9 Å². The molecule has 4 rings (SSSR count). The Morgan fingerprint density at radius 3 is 1.66 bits per heavy atom. The second-order valence-corrected chi connectivity index (χ2v) is 7.79. The molecule has 0 bridgehead atoms. The number of esters is 1. The smallest absolute Gasteiger partial charge is 0.309 e. The Morgan fingerprint density at radius 2 is 1.17 bits per heavy atom. The molecule has 0 aromatic heterocycles. The van der Waals surface area contributed by atoms with Crippen LogP contribution in [-0.4, -0.2) is 16.9 Å². The minimum atomic E-state index is -0.0653. The molecular formula is C26H27NO2. The summed E-state index contributed by atoms with van der Waals surface area (Å²) in [4.78, 5) is 14.9. The second kappa shape index (κ2) is 9.53. The van der Waals surface area contributed by atoms with E-state index in [1.165, 1.54) is 11.1 Å². The summed E-state index contributed by atoms with van der Waals surface area (Å²) in [5.74, 6) is -0.0535. The minimum absolute atomic E-state index is 0.0118. The summed E-state index contributed by atoms with van der Waals surface area (Å²) in [6.07, 6.45) is 1.74. The molecule has 0 aliphatic heterocycles. The summed E-state index contributed by atoms with van der Waals surface area (Å²) in [5, 5.41) is 0. The molecule has 0 unspecified atom stereocenters. The quantitative estimate of drug-likeness (QED) is 0.499. The third-order valence-electron chi connectivity index (χ3n) is 5.64. The highest BCUT2D eigenvalue weighted by Crippen LogP contribution is 2.34. The van der Waals surface area contributed by atoms with E-state index in [1.807, 2.05) is 42.5 Å². The Morgan fingerprint density at radius 1 is 0.724 bits per heavy atom. The molecule has 1 aliphatic carbocycles. The first-order valence-electron chi connectivity index (χ1n) is 10.3. The van der Waals surface area contributed by atoms with Crippen LogP contribution in [0, 0.1) is 5.92 Å². The lowest BCUT2D eigenvalue weighted by Gasteiger charge is -2.42. The van der Waals surface area contributed by atoms with Gasteiger partial charge in [0.2, 0.25) is 0 Å². The van der Waals surface area contributed by atoms with Crippen LogP contribution in [0.15, 0.2) is 91.0 Å². The second-order valence-electron chi connectivity index (χ2n) is 7.79. The first-order chi connectivity index (χ1) is 14.3. The molecule has 0 heterocycles. The number of carbonyl (C=O) groups is 1. The van der Waals surface area contributed by atoms with Gasteiger partial charge in [-0.25, -0.2) is 0 Å². The van der Waals surface area contributed by atoms with Crippen LogP contribution in [-0.2, 0) is 29.2 Å². The van der Waals surface area contributed by atoms with Gasteiger partial charge in [-0.15, -0.1) is 0 Å². The van der Waals surface area contributed by atoms with Gasteiger partial charge >= 0.3 is 5.97 Å². The Balaban J connectivity index is 1.34. The van der Waals surface area contributed by atoms with Crippen molar-refractivity contribution < 1.29 is 9.53 Å². The number of ether oxygens (including phenoxy) is 1. The molecule has 1 aliphatic rings. The maximum Gasteiger partial charge on any atom is 0.309 e.